The zero-order valence-electron chi connectivity index (χ0n) is 28.1. The summed E-state index contributed by atoms with van der Waals surface area (Å²) >= 11 is 0. The first kappa shape index (κ1) is 35.2. The summed E-state index contributed by atoms with van der Waals surface area (Å²) in [5, 5.41) is 42.8. The van der Waals surface area contributed by atoms with Crippen molar-refractivity contribution in [2.45, 2.75) is 107 Å². The van der Waals surface area contributed by atoms with Crippen molar-refractivity contribution in [3.05, 3.63) is 54.6 Å². The minimum absolute atomic E-state index is 0.00512. The number of carbonyl (C=O) groups excluding carboxylic acids is 1. The van der Waals surface area contributed by atoms with E-state index < -0.39 is 99.1 Å². The Balaban J connectivity index is 1.57. The van der Waals surface area contributed by atoms with Crippen LogP contribution in [-0.4, -0.2) is 112 Å². The molecule has 3 aromatic rings. The standard InChI is InChI=1S/C34H41N3O12/c1-7-34(49-21-11-18(45-6)30(41)14(3)47-21)12-19(48-20-10-17(40)29(37(4)5)13(2)46-20)24-25-26(28(36-35)27(24)33(34)44)32(43)23-16(39)9-8-15(38)22(23)31(25)42/h8-9,13-14,17-21,29-30,40-43H,7,10-12H2,1-6H3/t13?,14?,17?,18?,19-,20?,21?,29?,30?,34-/m0/s1. The minimum atomic E-state index is -1.71. The molecule has 2 heterocycles. The van der Waals surface area contributed by atoms with E-state index >= 15 is 0 Å². The van der Waals surface area contributed by atoms with Crippen molar-refractivity contribution in [3.8, 4) is 11.5 Å². The molecule has 3 aliphatic rings. The van der Waals surface area contributed by atoms with Gasteiger partial charge in [-0.2, -0.15) is 4.79 Å². The lowest BCUT2D eigenvalue weighted by atomic mass is 9.76. The molecule has 264 valence electrons. The zero-order valence-corrected chi connectivity index (χ0v) is 28.1. The van der Waals surface area contributed by atoms with E-state index in [1.165, 1.54) is 7.11 Å². The number of aliphatic hydroxyl groups excluding tert-OH is 2. The molecule has 1 aliphatic carbocycles. The summed E-state index contributed by atoms with van der Waals surface area (Å²) in [6, 6.07) is 1.57. The highest BCUT2D eigenvalue weighted by Crippen LogP contribution is 2.51. The SMILES string of the molecule is CC[C@]1(OC2CC(OC)C(O)C(C)O2)C[C@H](OC2CC(O)C(N(C)C)C(C)O2)c2c(c(=[N+]=[N-])c3c(O)c4c(=O)ccc(=O)c4c(O)c23)C1=O. The monoisotopic (exact) mass is 683 g/mol. The van der Waals surface area contributed by atoms with Gasteiger partial charge in [0.15, 0.2) is 23.4 Å². The van der Waals surface area contributed by atoms with Gasteiger partial charge in [0, 0.05) is 37.3 Å². The van der Waals surface area contributed by atoms with Crippen molar-refractivity contribution in [2.24, 2.45) is 0 Å². The predicted octanol–water partition coefficient (Wildman–Crippen LogP) is 0.877. The Hall–Kier alpha value is -3.63. The molecule has 0 aromatic heterocycles. The fraction of sp³-hybridized carbons (Fsp3) is 0.588. The van der Waals surface area contributed by atoms with E-state index in [0.717, 1.165) is 12.1 Å². The first-order chi connectivity index (χ1) is 23.2. The van der Waals surface area contributed by atoms with E-state index in [0.29, 0.717) is 0 Å². The van der Waals surface area contributed by atoms with Gasteiger partial charge >= 0.3 is 5.36 Å². The molecule has 0 saturated carbocycles. The van der Waals surface area contributed by atoms with Gasteiger partial charge < -0.3 is 54.5 Å². The molecule has 49 heavy (non-hydrogen) atoms. The minimum Gasteiger partial charge on any atom is -0.506 e. The number of aromatic hydroxyl groups is 2. The third kappa shape index (κ3) is 5.50. The van der Waals surface area contributed by atoms with Crippen molar-refractivity contribution in [2.75, 3.05) is 21.2 Å². The highest BCUT2D eigenvalue weighted by Gasteiger charge is 2.54. The number of carbonyl (C=O) groups is 1. The summed E-state index contributed by atoms with van der Waals surface area (Å²) < 4.78 is 30.6. The van der Waals surface area contributed by atoms with Crippen LogP contribution in [0.25, 0.3) is 27.1 Å². The summed E-state index contributed by atoms with van der Waals surface area (Å²) in [6.07, 6.45) is -6.96. The molecule has 2 saturated heterocycles. The van der Waals surface area contributed by atoms with Gasteiger partial charge in [-0.05, 0) is 46.5 Å². The van der Waals surface area contributed by atoms with Crippen molar-refractivity contribution >= 4 is 27.3 Å². The van der Waals surface area contributed by atoms with Gasteiger partial charge in [0.05, 0.1) is 47.3 Å². The maximum absolute atomic E-state index is 14.7. The quantitative estimate of drug-likeness (QED) is 0.155. The second-order valence-corrected chi connectivity index (χ2v) is 13.4. The van der Waals surface area contributed by atoms with Crippen LogP contribution in [0.15, 0.2) is 21.7 Å². The highest BCUT2D eigenvalue weighted by molar-refractivity contribution is 6.18. The van der Waals surface area contributed by atoms with Crippen LogP contribution >= 0.6 is 0 Å². The number of aliphatic hydroxyl groups is 2. The predicted molar refractivity (Wildman–Crippen MR) is 172 cm³/mol. The molecule has 8 unspecified atom stereocenters. The number of ketones is 1. The van der Waals surface area contributed by atoms with E-state index in [4.69, 9.17) is 23.7 Å². The number of ether oxygens (including phenoxy) is 5. The van der Waals surface area contributed by atoms with E-state index in [9.17, 15) is 40.3 Å². The highest BCUT2D eigenvalue weighted by atomic mass is 16.7. The third-order valence-corrected chi connectivity index (χ3v) is 10.4. The molecule has 15 heteroatoms. The van der Waals surface area contributed by atoms with Crippen molar-refractivity contribution in [1.29, 1.82) is 0 Å². The Kier molecular flexibility index (Phi) is 9.28. The van der Waals surface area contributed by atoms with Crippen molar-refractivity contribution < 1.29 is 53.7 Å². The van der Waals surface area contributed by atoms with Gasteiger partial charge in [-0.1, -0.05) is 6.92 Å². The average molecular weight is 684 g/mol. The number of rotatable bonds is 7. The van der Waals surface area contributed by atoms with E-state index in [1.807, 2.05) is 19.0 Å². The Morgan fingerprint density at radius 3 is 2.12 bits per heavy atom. The fourth-order valence-electron chi connectivity index (χ4n) is 8.00. The van der Waals surface area contributed by atoms with E-state index in [2.05, 4.69) is 4.79 Å². The zero-order chi connectivity index (χ0) is 35.7. The van der Waals surface area contributed by atoms with Crippen LogP contribution in [0.2, 0.25) is 0 Å². The number of methoxy groups -OCH3 is 1. The van der Waals surface area contributed by atoms with Crippen LogP contribution in [-0.2, 0) is 23.7 Å². The van der Waals surface area contributed by atoms with Gasteiger partial charge in [0.2, 0.25) is 5.78 Å². The molecule has 2 fully saturated rings. The number of hydrogen-bond acceptors (Lipinski definition) is 13. The second kappa shape index (κ2) is 12.9. The Morgan fingerprint density at radius 1 is 0.959 bits per heavy atom. The molecule has 2 aliphatic heterocycles. The summed E-state index contributed by atoms with van der Waals surface area (Å²) in [5.41, 5.74) is 6.88. The first-order valence-corrected chi connectivity index (χ1v) is 16.3. The van der Waals surface area contributed by atoms with Crippen LogP contribution in [0.5, 0.6) is 11.5 Å². The largest absolute Gasteiger partial charge is 0.506 e. The maximum atomic E-state index is 14.7. The van der Waals surface area contributed by atoms with E-state index in [-0.39, 0.29) is 53.6 Å². The molecule has 6 rings (SSSR count). The number of nitrogens with zero attached hydrogens (tertiary/aromatic N) is 3. The molecule has 0 spiro atoms. The van der Waals surface area contributed by atoms with Gasteiger partial charge in [-0.25, -0.2) is 0 Å². The lowest BCUT2D eigenvalue weighted by Crippen LogP contribution is -2.56. The van der Waals surface area contributed by atoms with Crippen LogP contribution in [0, 0.1) is 0 Å². The molecule has 0 bridgehead atoms. The van der Waals surface area contributed by atoms with Crippen molar-refractivity contribution in [3.63, 3.8) is 0 Å². The molecular weight excluding hydrogens is 642 g/mol. The smallest absolute Gasteiger partial charge is 0.338 e. The number of phenolic OH excluding ortho intramolecular Hbond substituents is 2. The number of Topliss-reactive ketones (excluding diaryl/α,β-unsaturated/α-hetero) is 1. The maximum Gasteiger partial charge on any atom is 0.338 e. The molecule has 3 aromatic carbocycles. The molecule has 0 radical (unpaired) electrons. The van der Waals surface area contributed by atoms with Gasteiger partial charge in [-0.15, -0.1) is 0 Å². The Labute approximate surface area is 280 Å². The lowest BCUT2D eigenvalue weighted by Gasteiger charge is -2.46. The Bertz CT molecular complexity index is 1970. The van der Waals surface area contributed by atoms with Crippen LogP contribution in [0.3, 0.4) is 0 Å². The average Bonchev–Trinajstić information content (AvgIpc) is 3.40. The topological polar surface area (TPSA) is 218 Å². The van der Waals surface area contributed by atoms with Crippen LogP contribution < -0.4 is 16.2 Å². The third-order valence-electron chi connectivity index (χ3n) is 10.4. The Morgan fingerprint density at radius 2 is 1.57 bits per heavy atom. The van der Waals surface area contributed by atoms with Gasteiger partial charge in [0.25, 0.3) is 0 Å². The summed E-state index contributed by atoms with van der Waals surface area (Å²) in [5.74, 6) is -2.14. The van der Waals surface area contributed by atoms with Gasteiger partial charge in [0.1, 0.15) is 34.2 Å². The van der Waals surface area contributed by atoms with Crippen molar-refractivity contribution in [1.82, 2.24) is 4.90 Å². The number of benzene rings is 2. The molecule has 0 amide bonds. The van der Waals surface area contributed by atoms with Gasteiger partial charge in [-0.3, -0.25) is 14.4 Å². The lowest BCUT2D eigenvalue weighted by molar-refractivity contribution is -0.286. The van der Waals surface area contributed by atoms with Crippen LogP contribution in [0.1, 0.15) is 68.5 Å². The molecule has 10 atom stereocenters. The molecule has 15 nitrogen and oxygen atoms in total. The summed E-state index contributed by atoms with van der Waals surface area (Å²) in [6.45, 7) is 5.13. The summed E-state index contributed by atoms with van der Waals surface area (Å²) in [7, 11) is 5.07. The molecular formula is C34H41N3O12. The number of hydrogen-bond donors (Lipinski definition) is 4. The summed E-state index contributed by atoms with van der Waals surface area (Å²) in [4.78, 5) is 45.8. The normalized spacial score (nSPS) is 33.7. The number of phenols is 2. The number of likely N-dealkylation sites (N-methyl/N-ethyl adjacent to an activating group) is 1. The first-order valence-electron chi connectivity index (χ1n) is 16.3. The van der Waals surface area contributed by atoms with Crippen LogP contribution in [0.4, 0.5) is 0 Å². The van der Waals surface area contributed by atoms with E-state index in [1.54, 1.807) is 20.8 Å². The fourth-order valence-corrected chi connectivity index (χ4v) is 8.00. The second-order valence-electron chi connectivity index (χ2n) is 13.4. The molecule has 4 N–H and O–H groups in total. The number of fused-ring (bicyclic) bond motifs is 4.